The first-order valence-corrected chi connectivity index (χ1v) is 16.5. The molecule has 0 bridgehead atoms. The van der Waals surface area contributed by atoms with Crippen LogP contribution >= 0.6 is 11.8 Å². The summed E-state index contributed by atoms with van der Waals surface area (Å²) in [7, 11) is 0. The van der Waals surface area contributed by atoms with Crippen molar-refractivity contribution in [2.45, 2.75) is 98.4 Å². The number of nitrogens with one attached hydrogen (secondary N) is 2. The van der Waals surface area contributed by atoms with Gasteiger partial charge in [0.15, 0.2) is 0 Å². The van der Waals surface area contributed by atoms with Crippen molar-refractivity contribution in [1.29, 1.82) is 0 Å². The maximum absolute atomic E-state index is 14.6. The Hall–Kier alpha value is -3.26. The average molecular weight is 610 g/mol. The minimum absolute atomic E-state index is 0.298. The molecule has 0 aliphatic carbocycles. The van der Waals surface area contributed by atoms with Crippen molar-refractivity contribution >= 4 is 41.4 Å². The molecule has 0 fully saturated rings. The molecule has 43 heavy (non-hydrogen) atoms. The Morgan fingerprint density at radius 3 is 2.19 bits per heavy atom. The van der Waals surface area contributed by atoms with E-state index in [-0.39, 0.29) is 17.9 Å². The fourth-order valence-electron chi connectivity index (χ4n) is 4.93. The molecule has 0 spiro atoms. The summed E-state index contributed by atoms with van der Waals surface area (Å²) in [6.45, 7) is 19.4. The van der Waals surface area contributed by atoms with E-state index in [4.69, 9.17) is 4.74 Å². The summed E-state index contributed by atoms with van der Waals surface area (Å²) in [5.74, 6) is 0.426. The van der Waals surface area contributed by atoms with Gasteiger partial charge in [0.05, 0.1) is 0 Å². The Balaban J connectivity index is 2.69. The molecule has 2 N–H and O–H groups in total. The molecule has 7 nitrogen and oxygen atoms in total. The van der Waals surface area contributed by atoms with E-state index < -0.39 is 23.8 Å². The Morgan fingerprint density at radius 1 is 1.00 bits per heavy atom. The molecule has 2 rings (SSSR count). The number of para-hydroxylation sites is 1. The number of benzene rings is 2. The maximum Gasteiger partial charge on any atom is 0.408 e. The average Bonchev–Trinajstić information content (AvgIpc) is 2.93. The third-order valence-corrected chi connectivity index (χ3v) is 7.85. The van der Waals surface area contributed by atoms with Crippen LogP contribution < -0.4 is 10.6 Å². The number of hydrogen-bond acceptors (Lipinski definition) is 5. The van der Waals surface area contributed by atoms with Gasteiger partial charge >= 0.3 is 6.09 Å². The van der Waals surface area contributed by atoms with E-state index >= 15 is 0 Å². The first-order chi connectivity index (χ1) is 20.2. The number of aryl methyl sites for hydroxylation is 2. The van der Waals surface area contributed by atoms with E-state index in [1.807, 2.05) is 69.5 Å². The van der Waals surface area contributed by atoms with Crippen molar-refractivity contribution in [3.63, 3.8) is 0 Å². The minimum atomic E-state index is -0.953. The van der Waals surface area contributed by atoms with Crippen LogP contribution in [0.3, 0.4) is 0 Å². The third-order valence-electron chi connectivity index (χ3n) is 7.21. The monoisotopic (exact) mass is 609 g/mol. The summed E-state index contributed by atoms with van der Waals surface area (Å²) in [4.78, 5) is 43.6. The highest BCUT2D eigenvalue weighted by Crippen LogP contribution is 2.31. The van der Waals surface area contributed by atoms with Crippen molar-refractivity contribution < 1.29 is 19.1 Å². The fraction of sp³-hybridized carbons (Fsp3) is 0.514. The van der Waals surface area contributed by atoms with Crippen LogP contribution in [0.15, 0.2) is 49.0 Å². The zero-order valence-electron chi connectivity index (χ0n) is 27.5. The number of rotatable bonds is 14. The van der Waals surface area contributed by atoms with Crippen molar-refractivity contribution in [2.24, 2.45) is 5.92 Å². The number of ether oxygens (including phenoxy) is 1. The number of carbonyl (C=O) groups is 3. The standard InChI is InChI=1S/C35H51N3O4S/c1-11-27-16-13-17-28(22-27)31(32(39)37-30-24(4)14-12-15-25(30)5)38(26(6)19-18-23(2)3)33(40)29(20-21-43-10)36-34(41)42-35(7,8)9/h11-17,22-23,26,29,31H,1,18-21H2,2-10H3,(H,36,41)(H,37,39). The van der Waals surface area contributed by atoms with E-state index in [0.29, 0.717) is 30.1 Å². The van der Waals surface area contributed by atoms with Crippen LogP contribution in [-0.4, -0.2) is 52.5 Å². The Morgan fingerprint density at radius 2 is 1.63 bits per heavy atom. The van der Waals surface area contributed by atoms with Crippen LogP contribution in [0.2, 0.25) is 0 Å². The molecule has 3 unspecified atom stereocenters. The Bertz CT molecular complexity index is 1230. The number of thioether (sulfide) groups is 1. The zero-order chi connectivity index (χ0) is 32.3. The van der Waals surface area contributed by atoms with Crippen molar-refractivity contribution in [2.75, 3.05) is 17.3 Å². The van der Waals surface area contributed by atoms with Crippen molar-refractivity contribution in [3.05, 3.63) is 71.3 Å². The predicted octanol–water partition coefficient (Wildman–Crippen LogP) is 7.93. The Labute approximate surface area is 263 Å². The van der Waals surface area contributed by atoms with Gasteiger partial charge in [0.1, 0.15) is 17.7 Å². The SMILES string of the molecule is C=Cc1cccc(C(C(=O)Nc2c(C)cccc2C)N(C(=O)C(CCSC)NC(=O)OC(C)(C)C)C(C)CCC(C)C)c1. The summed E-state index contributed by atoms with van der Waals surface area (Å²) in [6.07, 6.45) is 4.98. The van der Waals surface area contributed by atoms with Gasteiger partial charge in [0.25, 0.3) is 5.91 Å². The van der Waals surface area contributed by atoms with Gasteiger partial charge in [-0.2, -0.15) is 11.8 Å². The molecular formula is C35H51N3O4S. The van der Waals surface area contributed by atoms with E-state index in [2.05, 4.69) is 31.1 Å². The molecule has 0 saturated heterocycles. The minimum Gasteiger partial charge on any atom is -0.444 e. The first-order valence-electron chi connectivity index (χ1n) is 15.1. The second kappa shape index (κ2) is 16.6. The number of anilines is 1. The maximum atomic E-state index is 14.6. The molecule has 236 valence electrons. The number of hydrogen-bond donors (Lipinski definition) is 2. The highest BCUT2D eigenvalue weighted by Gasteiger charge is 2.39. The van der Waals surface area contributed by atoms with Gasteiger partial charge in [-0.1, -0.05) is 62.9 Å². The van der Waals surface area contributed by atoms with Crippen LogP contribution in [0, 0.1) is 19.8 Å². The van der Waals surface area contributed by atoms with E-state index in [1.165, 1.54) is 0 Å². The third kappa shape index (κ3) is 11.1. The van der Waals surface area contributed by atoms with Crippen LogP contribution in [0.5, 0.6) is 0 Å². The summed E-state index contributed by atoms with van der Waals surface area (Å²) in [6, 6.07) is 11.3. The summed E-state index contributed by atoms with van der Waals surface area (Å²) >= 11 is 1.59. The van der Waals surface area contributed by atoms with E-state index in [1.54, 1.807) is 43.5 Å². The number of amides is 3. The van der Waals surface area contributed by atoms with Crippen molar-refractivity contribution in [3.8, 4) is 0 Å². The van der Waals surface area contributed by atoms with Gasteiger partial charge in [-0.3, -0.25) is 9.59 Å². The Kier molecular flexibility index (Phi) is 13.8. The second-order valence-electron chi connectivity index (χ2n) is 12.6. The van der Waals surface area contributed by atoms with Crippen molar-refractivity contribution in [1.82, 2.24) is 10.2 Å². The van der Waals surface area contributed by atoms with E-state index in [9.17, 15) is 14.4 Å². The van der Waals surface area contributed by atoms with Crippen LogP contribution in [0.4, 0.5) is 10.5 Å². The number of nitrogens with zero attached hydrogens (tertiary/aromatic N) is 1. The molecule has 0 aliphatic heterocycles. The molecule has 0 aromatic heterocycles. The van der Waals surface area contributed by atoms with Gasteiger partial charge in [-0.25, -0.2) is 4.79 Å². The highest BCUT2D eigenvalue weighted by atomic mass is 32.2. The molecule has 0 aliphatic rings. The van der Waals surface area contributed by atoms with Gasteiger partial charge in [0.2, 0.25) is 5.91 Å². The summed E-state index contributed by atoms with van der Waals surface area (Å²) < 4.78 is 5.53. The lowest BCUT2D eigenvalue weighted by Crippen LogP contribution is -2.55. The molecule has 8 heteroatoms. The molecule has 0 saturated carbocycles. The molecule has 2 aromatic carbocycles. The fourth-order valence-corrected chi connectivity index (χ4v) is 5.40. The lowest BCUT2D eigenvalue weighted by Gasteiger charge is -2.39. The normalized spacial score (nSPS) is 13.5. The van der Waals surface area contributed by atoms with Gasteiger partial charge in [-0.15, -0.1) is 0 Å². The number of carbonyl (C=O) groups excluding carboxylic acids is 3. The molecule has 2 aromatic rings. The topological polar surface area (TPSA) is 87.7 Å². The predicted molar refractivity (Wildman–Crippen MR) is 180 cm³/mol. The first kappa shape index (κ1) is 35.9. The lowest BCUT2D eigenvalue weighted by molar-refractivity contribution is -0.143. The van der Waals surface area contributed by atoms with E-state index in [0.717, 1.165) is 28.8 Å². The molecule has 3 amide bonds. The number of alkyl carbamates (subject to hydrolysis) is 1. The molecule has 0 heterocycles. The summed E-state index contributed by atoms with van der Waals surface area (Å²) in [5.41, 5.74) is 3.39. The smallest absolute Gasteiger partial charge is 0.408 e. The second-order valence-corrected chi connectivity index (χ2v) is 13.6. The highest BCUT2D eigenvalue weighted by molar-refractivity contribution is 7.98. The lowest BCUT2D eigenvalue weighted by atomic mass is 9.95. The van der Waals surface area contributed by atoms with Gasteiger partial charge in [-0.05, 0) is 107 Å². The molecule has 0 radical (unpaired) electrons. The van der Waals surface area contributed by atoms with Crippen LogP contribution in [0.25, 0.3) is 6.08 Å². The largest absolute Gasteiger partial charge is 0.444 e. The summed E-state index contributed by atoms with van der Waals surface area (Å²) in [5, 5.41) is 5.98. The quantitative estimate of drug-likeness (QED) is 0.227. The molecular weight excluding hydrogens is 558 g/mol. The molecule has 3 atom stereocenters. The van der Waals surface area contributed by atoms with Crippen LogP contribution in [0.1, 0.15) is 89.1 Å². The van der Waals surface area contributed by atoms with Gasteiger partial charge < -0.3 is 20.3 Å². The zero-order valence-corrected chi connectivity index (χ0v) is 28.3. The van der Waals surface area contributed by atoms with Gasteiger partial charge in [0, 0.05) is 11.7 Å². The van der Waals surface area contributed by atoms with Crippen LogP contribution in [-0.2, 0) is 14.3 Å².